The molecular formula is C14H11N3O2S. The van der Waals surface area contributed by atoms with Crippen molar-refractivity contribution < 1.29 is 4.74 Å². The van der Waals surface area contributed by atoms with E-state index in [-0.39, 0.29) is 10.7 Å². The van der Waals surface area contributed by atoms with Crippen molar-refractivity contribution in [2.75, 3.05) is 0 Å². The molecule has 0 amide bonds. The molecule has 0 saturated carbocycles. The van der Waals surface area contributed by atoms with Gasteiger partial charge in [-0.05, 0) is 23.8 Å². The lowest BCUT2D eigenvalue weighted by atomic mass is 10.2. The highest BCUT2D eigenvalue weighted by Gasteiger charge is 2.20. The molecule has 2 aromatic rings. The highest BCUT2D eigenvalue weighted by atomic mass is 32.1. The van der Waals surface area contributed by atoms with E-state index in [0.717, 1.165) is 11.1 Å². The molecule has 3 rings (SSSR count). The van der Waals surface area contributed by atoms with E-state index < -0.39 is 6.23 Å². The van der Waals surface area contributed by atoms with Crippen LogP contribution in [0.3, 0.4) is 0 Å². The summed E-state index contributed by atoms with van der Waals surface area (Å²) in [5.41, 5.74) is 1.73. The number of thiocarbonyl (C=S) groups is 1. The van der Waals surface area contributed by atoms with Gasteiger partial charge in [0.2, 0.25) is 6.23 Å². The number of ether oxygens (including phenoxy) is 1. The average molecular weight is 285 g/mol. The molecule has 1 aliphatic rings. The molecule has 0 N–H and O–H groups in total. The minimum atomic E-state index is -0.551. The second kappa shape index (κ2) is 5.34. The fourth-order valence-electron chi connectivity index (χ4n) is 1.98. The normalized spacial score (nSPS) is 17.2. The second-order valence-electron chi connectivity index (χ2n) is 4.37. The third-order valence-electron chi connectivity index (χ3n) is 2.94. The zero-order chi connectivity index (χ0) is 13.9. The van der Waals surface area contributed by atoms with Crippen LogP contribution >= 0.6 is 12.2 Å². The predicted molar refractivity (Wildman–Crippen MR) is 77.5 cm³/mol. The van der Waals surface area contributed by atoms with Gasteiger partial charge in [0.1, 0.15) is 0 Å². The summed E-state index contributed by atoms with van der Waals surface area (Å²) in [5, 5.41) is 7.71. The first kappa shape index (κ1) is 12.7. The van der Waals surface area contributed by atoms with Crippen LogP contribution in [0.2, 0.25) is 0 Å². The van der Waals surface area contributed by atoms with Gasteiger partial charge in [-0.15, -0.1) is 10.2 Å². The first-order chi connectivity index (χ1) is 9.72. The number of hydrogen-bond donors (Lipinski definition) is 0. The Labute approximate surface area is 120 Å². The Hall–Kier alpha value is -2.34. The van der Waals surface area contributed by atoms with Crippen molar-refractivity contribution in [3.63, 3.8) is 0 Å². The Morgan fingerprint density at radius 2 is 2.00 bits per heavy atom. The molecule has 1 atom stereocenters. The summed E-state index contributed by atoms with van der Waals surface area (Å²) in [7, 11) is 0. The fraction of sp³-hybridized carbons (Fsp3) is 0.143. The molecule has 2 heterocycles. The number of benzene rings is 1. The summed E-state index contributed by atoms with van der Waals surface area (Å²) in [6, 6.07) is 12.9. The molecule has 1 aromatic carbocycles. The number of nitrogens with zero attached hydrogens (tertiary/aromatic N) is 3. The second-order valence-corrected chi connectivity index (χ2v) is 4.71. The zero-order valence-electron chi connectivity index (χ0n) is 10.5. The Morgan fingerprint density at radius 1 is 1.20 bits per heavy atom. The van der Waals surface area contributed by atoms with E-state index >= 15 is 0 Å². The smallest absolute Gasteiger partial charge is 0.304 e. The third kappa shape index (κ3) is 2.65. The van der Waals surface area contributed by atoms with Crippen molar-refractivity contribution in [2.45, 2.75) is 12.8 Å². The Morgan fingerprint density at radius 3 is 2.70 bits per heavy atom. The highest BCUT2D eigenvalue weighted by Crippen LogP contribution is 2.24. The van der Waals surface area contributed by atoms with Crippen molar-refractivity contribution in [1.29, 1.82) is 0 Å². The van der Waals surface area contributed by atoms with Gasteiger partial charge in [-0.2, -0.15) is 0 Å². The van der Waals surface area contributed by atoms with Gasteiger partial charge in [0.05, 0.1) is 6.54 Å². The monoisotopic (exact) mass is 285 g/mol. The number of rotatable bonds is 3. The molecule has 1 aliphatic heterocycles. The third-order valence-corrected chi connectivity index (χ3v) is 3.12. The van der Waals surface area contributed by atoms with Crippen molar-refractivity contribution in [2.24, 2.45) is 10.2 Å². The molecule has 1 aromatic heterocycles. The van der Waals surface area contributed by atoms with Crippen LogP contribution in [0.5, 0.6) is 0 Å². The van der Waals surface area contributed by atoms with Crippen LogP contribution in [-0.4, -0.2) is 9.74 Å². The Kier molecular flexibility index (Phi) is 3.39. The topological polar surface area (TPSA) is 55.9 Å². The van der Waals surface area contributed by atoms with Crippen molar-refractivity contribution >= 4 is 17.4 Å². The van der Waals surface area contributed by atoms with Gasteiger partial charge in [0.15, 0.2) is 0 Å². The van der Waals surface area contributed by atoms with E-state index in [1.165, 1.54) is 6.07 Å². The molecule has 20 heavy (non-hydrogen) atoms. The summed E-state index contributed by atoms with van der Waals surface area (Å²) in [6.45, 7) is 0.502. The van der Waals surface area contributed by atoms with Crippen molar-refractivity contribution in [3.8, 4) is 0 Å². The van der Waals surface area contributed by atoms with Crippen LogP contribution in [0.15, 0.2) is 63.7 Å². The van der Waals surface area contributed by atoms with E-state index in [4.69, 9.17) is 17.0 Å². The zero-order valence-corrected chi connectivity index (χ0v) is 11.3. The van der Waals surface area contributed by atoms with Gasteiger partial charge >= 0.3 is 5.17 Å². The minimum absolute atomic E-state index is 0.0740. The molecule has 100 valence electrons. The summed E-state index contributed by atoms with van der Waals surface area (Å²) in [5.74, 6) is 0. The van der Waals surface area contributed by atoms with Crippen molar-refractivity contribution in [3.05, 3.63) is 70.1 Å². The molecule has 0 bridgehead atoms. The summed E-state index contributed by atoms with van der Waals surface area (Å²) >= 11 is 4.81. The van der Waals surface area contributed by atoms with Crippen molar-refractivity contribution in [1.82, 2.24) is 4.57 Å². The van der Waals surface area contributed by atoms with Crippen LogP contribution in [0.1, 0.15) is 17.4 Å². The van der Waals surface area contributed by atoms with Crippen LogP contribution in [0, 0.1) is 0 Å². The van der Waals surface area contributed by atoms with Gasteiger partial charge < -0.3 is 9.30 Å². The maximum absolute atomic E-state index is 11.9. The lowest BCUT2D eigenvalue weighted by Gasteiger charge is -2.10. The lowest BCUT2D eigenvalue weighted by molar-refractivity contribution is 0.226. The molecule has 0 spiro atoms. The fourth-order valence-corrected chi connectivity index (χ4v) is 2.11. The SMILES string of the molecule is O=c1ccc(C2N=NC(=S)O2)cn1Cc1ccccc1. The van der Waals surface area contributed by atoms with E-state index in [2.05, 4.69) is 10.2 Å². The van der Waals surface area contributed by atoms with Crippen LogP contribution in [-0.2, 0) is 11.3 Å². The number of azo groups is 1. The van der Waals surface area contributed by atoms with Gasteiger partial charge in [-0.25, -0.2) is 0 Å². The summed E-state index contributed by atoms with van der Waals surface area (Å²) in [4.78, 5) is 11.9. The van der Waals surface area contributed by atoms with E-state index in [9.17, 15) is 4.79 Å². The molecule has 1 unspecified atom stereocenters. The number of pyridine rings is 1. The maximum atomic E-state index is 11.9. The molecule has 0 radical (unpaired) electrons. The first-order valence-corrected chi connectivity index (χ1v) is 6.49. The average Bonchev–Trinajstić information content (AvgIpc) is 2.89. The number of aromatic nitrogens is 1. The van der Waals surface area contributed by atoms with Gasteiger partial charge in [-0.3, -0.25) is 4.79 Å². The quantitative estimate of drug-likeness (QED) is 0.815. The van der Waals surface area contributed by atoms with E-state index in [1.807, 2.05) is 30.3 Å². The summed E-state index contributed by atoms with van der Waals surface area (Å²) < 4.78 is 6.89. The Bertz CT molecular complexity index is 725. The van der Waals surface area contributed by atoms with E-state index in [1.54, 1.807) is 16.8 Å². The predicted octanol–water partition coefficient (Wildman–Crippen LogP) is 2.66. The maximum Gasteiger partial charge on any atom is 0.304 e. The molecule has 0 aliphatic carbocycles. The van der Waals surface area contributed by atoms with E-state index in [0.29, 0.717) is 6.54 Å². The van der Waals surface area contributed by atoms with Crippen LogP contribution in [0.4, 0.5) is 0 Å². The minimum Gasteiger partial charge on any atom is -0.436 e. The van der Waals surface area contributed by atoms with Crippen LogP contribution in [0.25, 0.3) is 0 Å². The molecule has 6 heteroatoms. The largest absolute Gasteiger partial charge is 0.436 e. The molecular weight excluding hydrogens is 274 g/mol. The van der Waals surface area contributed by atoms with Gasteiger partial charge in [0.25, 0.3) is 5.56 Å². The highest BCUT2D eigenvalue weighted by molar-refractivity contribution is 7.80. The van der Waals surface area contributed by atoms with Gasteiger partial charge in [0, 0.05) is 17.8 Å². The lowest BCUT2D eigenvalue weighted by Crippen LogP contribution is -2.20. The number of hydrogen-bond acceptors (Lipinski definition) is 4. The van der Waals surface area contributed by atoms with Crippen LogP contribution < -0.4 is 5.56 Å². The molecule has 0 saturated heterocycles. The van der Waals surface area contributed by atoms with Gasteiger partial charge in [-0.1, -0.05) is 30.3 Å². The standard InChI is InChI=1S/C14H11N3O2S/c18-12-7-6-11(13-15-16-14(20)19-13)9-17(12)8-10-4-2-1-3-5-10/h1-7,9,13H,8H2. The Balaban J connectivity index is 1.89. The first-order valence-electron chi connectivity index (χ1n) is 6.08. The molecule has 5 nitrogen and oxygen atoms in total. The summed E-state index contributed by atoms with van der Waals surface area (Å²) in [6.07, 6.45) is 1.18. The molecule has 0 fully saturated rings.